The quantitative estimate of drug-likeness (QED) is 0.664. The minimum absolute atomic E-state index is 0.300. The zero-order valence-corrected chi connectivity index (χ0v) is 8.22. The molecule has 2 rings (SSSR count). The Kier molecular flexibility index (Phi) is 2.42. The number of methoxy groups -OCH3 is 1. The number of benzene rings is 1. The second-order valence-corrected chi connectivity index (χ2v) is 3.66. The summed E-state index contributed by atoms with van der Waals surface area (Å²) < 4.78 is 30.4. The topological polar surface area (TPSA) is 26.3 Å². The summed E-state index contributed by atoms with van der Waals surface area (Å²) in [5, 5.41) is 0. The van der Waals surface area contributed by atoms with Crippen molar-refractivity contribution in [2.24, 2.45) is 5.92 Å². The van der Waals surface area contributed by atoms with Crippen molar-refractivity contribution in [2.45, 2.75) is 12.8 Å². The number of carbonyl (C=O) groups excluding carboxylic acids is 1. The van der Waals surface area contributed by atoms with Gasteiger partial charge in [0.1, 0.15) is 0 Å². The summed E-state index contributed by atoms with van der Waals surface area (Å²) in [6.07, 6.45) is 0.860. The first-order chi connectivity index (χ1) is 7.11. The molecule has 80 valence electrons. The summed E-state index contributed by atoms with van der Waals surface area (Å²) in [6.45, 7) is 0. The maximum atomic E-state index is 12.9. The van der Waals surface area contributed by atoms with Crippen LogP contribution in [0.3, 0.4) is 0 Å². The maximum Gasteiger partial charge on any atom is 0.309 e. The van der Waals surface area contributed by atoms with Gasteiger partial charge in [0.15, 0.2) is 11.6 Å². The highest BCUT2D eigenvalue weighted by Gasteiger charge is 2.29. The molecule has 0 radical (unpaired) electrons. The molecule has 1 aromatic carbocycles. The lowest BCUT2D eigenvalue weighted by atomic mass is 10.1. The molecule has 2 nitrogen and oxygen atoms in total. The number of ether oxygens (including phenoxy) is 1. The van der Waals surface area contributed by atoms with Crippen LogP contribution in [0.15, 0.2) is 12.1 Å². The van der Waals surface area contributed by atoms with E-state index < -0.39 is 11.6 Å². The van der Waals surface area contributed by atoms with Gasteiger partial charge in [-0.05, 0) is 36.1 Å². The van der Waals surface area contributed by atoms with Crippen molar-refractivity contribution in [2.75, 3.05) is 7.11 Å². The Labute approximate surface area is 85.9 Å². The van der Waals surface area contributed by atoms with E-state index in [1.54, 1.807) is 0 Å². The summed E-state index contributed by atoms with van der Waals surface area (Å²) >= 11 is 0. The van der Waals surface area contributed by atoms with Crippen molar-refractivity contribution in [1.82, 2.24) is 0 Å². The average Bonchev–Trinajstić information content (AvgIpc) is 2.60. The van der Waals surface area contributed by atoms with Gasteiger partial charge >= 0.3 is 5.97 Å². The molecule has 0 saturated carbocycles. The summed E-state index contributed by atoms with van der Waals surface area (Å²) in [4.78, 5) is 11.2. The SMILES string of the molecule is COC(=O)C1Cc2cc(F)c(F)cc2C1. The van der Waals surface area contributed by atoms with Gasteiger partial charge in [-0.1, -0.05) is 0 Å². The van der Waals surface area contributed by atoms with Gasteiger partial charge in [0, 0.05) is 0 Å². The molecule has 0 saturated heterocycles. The standard InChI is InChI=1S/C11H10F2O2/c1-15-11(14)8-2-6-4-9(12)10(13)5-7(6)3-8/h4-5,8H,2-3H2,1H3. The van der Waals surface area contributed by atoms with E-state index in [0.717, 1.165) is 12.1 Å². The lowest BCUT2D eigenvalue weighted by molar-refractivity contribution is -0.145. The first kappa shape index (κ1) is 10.1. The van der Waals surface area contributed by atoms with Gasteiger partial charge < -0.3 is 4.74 Å². The number of carbonyl (C=O) groups is 1. The minimum atomic E-state index is -0.862. The molecule has 0 spiro atoms. The Morgan fingerprint density at radius 2 is 1.73 bits per heavy atom. The molecule has 0 aliphatic heterocycles. The highest BCUT2D eigenvalue weighted by Crippen LogP contribution is 2.29. The first-order valence-corrected chi connectivity index (χ1v) is 4.66. The van der Waals surface area contributed by atoms with Crippen molar-refractivity contribution >= 4 is 5.97 Å². The number of halogens is 2. The van der Waals surface area contributed by atoms with Gasteiger partial charge in [-0.3, -0.25) is 4.79 Å². The summed E-state index contributed by atoms with van der Waals surface area (Å²) in [5.74, 6) is -2.35. The number of rotatable bonds is 1. The molecule has 1 aliphatic carbocycles. The van der Waals surface area contributed by atoms with E-state index in [4.69, 9.17) is 0 Å². The fraction of sp³-hybridized carbons (Fsp3) is 0.364. The monoisotopic (exact) mass is 212 g/mol. The minimum Gasteiger partial charge on any atom is -0.469 e. The van der Waals surface area contributed by atoms with Gasteiger partial charge in [-0.15, -0.1) is 0 Å². The van der Waals surface area contributed by atoms with Gasteiger partial charge in [-0.2, -0.15) is 0 Å². The van der Waals surface area contributed by atoms with Crippen LogP contribution in [0.2, 0.25) is 0 Å². The molecular weight excluding hydrogens is 202 g/mol. The summed E-state index contributed by atoms with van der Waals surface area (Å²) in [5.41, 5.74) is 1.40. The Morgan fingerprint density at radius 1 is 1.27 bits per heavy atom. The molecule has 1 aliphatic rings. The number of hydrogen-bond donors (Lipinski definition) is 0. The number of fused-ring (bicyclic) bond motifs is 1. The number of esters is 1. The summed E-state index contributed by atoms with van der Waals surface area (Å²) in [6, 6.07) is 2.32. The van der Waals surface area contributed by atoms with Crippen LogP contribution in [-0.4, -0.2) is 13.1 Å². The van der Waals surface area contributed by atoms with E-state index in [2.05, 4.69) is 4.74 Å². The van der Waals surface area contributed by atoms with Crippen LogP contribution in [0.4, 0.5) is 8.78 Å². The van der Waals surface area contributed by atoms with Crippen LogP contribution >= 0.6 is 0 Å². The number of hydrogen-bond acceptors (Lipinski definition) is 2. The van der Waals surface area contributed by atoms with Crippen LogP contribution in [0.1, 0.15) is 11.1 Å². The van der Waals surface area contributed by atoms with E-state index in [9.17, 15) is 13.6 Å². The Morgan fingerprint density at radius 3 is 2.13 bits per heavy atom. The molecule has 0 aromatic heterocycles. The molecule has 1 aromatic rings. The zero-order valence-electron chi connectivity index (χ0n) is 8.22. The van der Waals surface area contributed by atoms with Crippen LogP contribution in [0.25, 0.3) is 0 Å². The smallest absolute Gasteiger partial charge is 0.309 e. The van der Waals surface area contributed by atoms with E-state index in [0.29, 0.717) is 24.0 Å². The Hall–Kier alpha value is -1.45. The predicted molar refractivity (Wildman–Crippen MR) is 49.3 cm³/mol. The second kappa shape index (κ2) is 3.61. The lowest BCUT2D eigenvalue weighted by Crippen LogP contribution is -2.15. The zero-order chi connectivity index (χ0) is 11.0. The third kappa shape index (κ3) is 1.71. The van der Waals surface area contributed by atoms with Crippen LogP contribution in [-0.2, 0) is 22.4 Å². The molecule has 15 heavy (non-hydrogen) atoms. The first-order valence-electron chi connectivity index (χ1n) is 4.66. The van der Waals surface area contributed by atoms with Gasteiger partial charge in [0.05, 0.1) is 13.0 Å². The summed E-state index contributed by atoms with van der Waals surface area (Å²) in [7, 11) is 1.31. The normalized spacial score (nSPS) is 15.1. The third-order valence-corrected chi connectivity index (χ3v) is 2.71. The van der Waals surface area contributed by atoms with Crippen molar-refractivity contribution < 1.29 is 18.3 Å². The molecule has 0 N–H and O–H groups in total. The predicted octanol–water partition coefficient (Wildman–Crippen LogP) is 1.85. The Balaban J connectivity index is 2.27. The van der Waals surface area contributed by atoms with Gasteiger partial charge in [0.25, 0.3) is 0 Å². The molecule has 0 atom stereocenters. The molecule has 4 heteroatoms. The van der Waals surface area contributed by atoms with Gasteiger partial charge in [0.2, 0.25) is 0 Å². The highest BCUT2D eigenvalue weighted by molar-refractivity contribution is 5.74. The van der Waals surface area contributed by atoms with Gasteiger partial charge in [-0.25, -0.2) is 8.78 Å². The van der Waals surface area contributed by atoms with Crippen LogP contribution in [0, 0.1) is 17.6 Å². The molecular formula is C11H10F2O2. The van der Waals surface area contributed by atoms with Crippen molar-refractivity contribution in [3.8, 4) is 0 Å². The van der Waals surface area contributed by atoms with Crippen LogP contribution in [0.5, 0.6) is 0 Å². The molecule has 0 bridgehead atoms. The third-order valence-electron chi connectivity index (χ3n) is 2.71. The Bertz CT molecular complexity index is 384. The molecule has 0 unspecified atom stereocenters. The fourth-order valence-electron chi connectivity index (χ4n) is 1.95. The van der Waals surface area contributed by atoms with E-state index >= 15 is 0 Å². The van der Waals surface area contributed by atoms with Crippen LogP contribution < -0.4 is 0 Å². The van der Waals surface area contributed by atoms with E-state index in [1.165, 1.54) is 7.11 Å². The van der Waals surface area contributed by atoms with E-state index in [-0.39, 0.29) is 11.9 Å². The van der Waals surface area contributed by atoms with Crippen molar-refractivity contribution in [1.29, 1.82) is 0 Å². The fourth-order valence-corrected chi connectivity index (χ4v) is 1.95. The highest BCUT2D eigenvalue weighted by atomic mass is 19.2. The molecule has 0 heterocycles. The largest absolute Gasteiger partial charge is 0.469 e. The van der Waals surface area contributed by atoms with Crippen molar-refractivity contribution in [3.05, 3.63) is 34.9 Å². The second-order valence-electron chi connectivity index (χ2n) is 3.66. The average molecular weight is 212 g/mol. The molecule has 0 fully saturated rings. The van der Waals surface area contributed by atoms with E-state index in [1.807, 2.05) is 0 Å². The maximum absolute atomic E-state index is 12.9. The van der Waals surface area contributed by atoms with Crippen molar-refractivity contribution in [3.63, 3.8) is 0 Å². The lowest BCUT2D eigenvalue weighted by Gasteiger charge is -2.04. The molecule has 0 amide bonds.